The van der Waals surface area contributed by atoms with Gasteiger partial charge in [0.2, 0.25) is 0 Å². The number of hydrogen-bond donors (Lipinski definition) is 1. The predicted molar refractivity (Wildman–Crippen MR) is 66.2 cm³/mol. The van der Waals surface area contributed by atoms with Crippen LogP contribution in [0, 0.1) is 0 Å². The van der Waals surface area contributed by atoms with E-state index in [-0.39, 0.29) is 19.7 Å². The zero-order valence-corrected chi connectivity index (χ0v) is 10.9. The van der Waals surface area contributed by atoms with Crippen LogP contribution in [0.5, 0.6) is 5.75 Å². The van der Waals surface area contributed by atoms with E-state index < -0.39 is 17.4 Å². The van der Waals surface area contributed by atoms with E-state index in [9.17, 15) is 13.6 Å². The summed E-state index contributed by atoms with van der Waals surface area (Å²) in [5.74, 6) is -4.49. The summed E-state index contributed by atoms with van der Waals surface area (Å²) in [5, 5.41) is 8.77. The Labute approximate surface area is 110 Å². The lowest BCUT2D eigenvalue weighted by atomic mass is 10.1. The number of benzene rings is 1. The smallest absolute Gasteiger partial charge is 0.349 e. The van der Waals surface area contributed by atoms with Crippen LogP contribution in [-0.4, -0.2) is 42.7 Å². The average molecular weight is 273 g/mol. The van der Waals surface area contributed by atoms with Gasteiger partial charge in [0.05, 0.1) is 13.7 Å². The van der Waals surface area contributed by atoms with Crippen molar-refractivity contribution in [2.24, 2.45) is 0 Å². The van der Waals surface area contributed by atoms with Crippen molar-refractivity contribution in [1.82, 2.24) is 4.90 Å². The van der Waals surface area contributed by atoms with Gasteiger partial charge in [-0.2, -0.15) is 8.78 Å². The van der Waals surface area contributed by atoms with E-state index in [4.69, 9.17) is 9.84 Å². The molecule has 0 spiro atoms. The molecular formula is C13H17F2NO3. The molecular weight excluding hydrogens is 256 g/mol. The minimum Gasteiger partial charge on any atom is -0.497 e. The molecule has 0 heterocycles. The first-order chi connectivity index (χ1) is 8.97. The third kappa shape index (κ3) is 3.41. The fourth-order valence-corrected chi connectivity index (χ4v) is 1.65. The number of rotatable bonds is 6. The Bertz CT molecular complexity index is 420. The van der Waals surface area contributed by atoms with Gasteiger partial charge < -0.3 is 14.7 Å². The standard InChI is InChI=1S/C13H17F2NO3/c1-3-16(8-9-17)12(18)13(14,15)10-4-6-11(19-2)7-5-10/h4-7,17H,3,8-9H2,1-2H3. The fraction of sp³-hybridized carbons (Fsp3) is 0.462. The molecule has 4 nitrogen and oxygen atoms in total. The van der Waals surface area contributed by atoms with E-state index in [0.29, 0.717) is 5.75 Å². The van der Waals surface area contributed by atoms with Crippen LogP contribution >= 0.6 is 0 Å². The summed E-state index contributed by atoms with van der Waals surface area (Å²) < 4.78 is 32.9. The summed E-state index contributed by atoms with van der Waals surface area (Å²) in [6, 6.07) is 5.06. The van der Waals surface area contributed by atoms with Crippen molar-refractivity contribution in [2.45, 2.75) is 12.8 Å². The molecule has 1 amide bonds. The van der Waals surface area contributed by atoms with Crippen molar-refractivity contribution in [1.29, 1.82) is 0 Å². The minimum absolute atomic E-state index is 0.110. The third-order valence-corrected chi connectivity index (χ3v) is 2.76. The maximum atomic E-state index is 14.0. The first kappa shape index (κ1) is 15.4. The number of aliphatic hydroxyl groups excluding tert-OH is 1. The Hall–Kier alpha value is -1.69. The van der Waals surface area contributed by atoms with Crippen molar-refractivity contribution in [3.05, 3.63) is 29.8 Å². The van der Waals surface area contributed by atoms with Crippen LogP contribution < -0.4 is 4.74 Å². The van der Waals surface area contributed by atoms with Crippen molar-refractivity contribution in [2.75, 3.05) is 26.8 Å². The summed E-state index contributed by atoms with van der Waals surface area (Å²) in [4.78, 5) is 12.7. The maximum absolute atomic E-state index is 14.0. The number of amides is 1. The molecule has 0 aliphatic rings. The molecule has 106 valence electrons. The van der Waals surface area contributed by atoms with E-state index in [1.54, 1.807) is 6.92 Å². The molecule has 1 aromatic carbocycles. The maximum Gasteiger partial charge on any atom is 0.349 e. The molecule has 0 saturated heterocycles. The number of aliphatic hydroxyl groups is 1. The first-order valence-corrected chi connectivity index (χ1v) is 5.90. The molecule has 0 unspecified atom stereocenters. The Kier molecular flexibility index (Phi) is 5.23. The fourth-order valence-electron chi connectivity index (χ4n) is 1.65. The Morgan fingerprint density at radius 2 is 1.95 bits per heavy atom. The molecule has 1 N–H and O–H groups in total. The highest BCUT2D eigenvalue weighted by molar-refractivity contribution is 5.84. The first-order valence-electron chi connectivity index (χ1n) is 5.90. The van der Waals surface area contributed by atoms with Crippen LogP contribution in [0.3, 0.4) is 0 Å². The molecule has 0 atom stereocenters. The van der Waals surface area contributed by atoms with Crippen LogP contribution in [0.25, 0.3) is 0 Å². The van der Waals surface area contributed by atoms with E-state index in [2.05, 4.69) is 0 Å². The topological polar surface area (TPSA) is 49.8 Å². The van der Waals surface area contributed by atoms with Gasteiger partial charge in [-0.25, -0.2) is 0 Å². The number of alkyl halides is 2. The number of halogens is 2. The highest BCUT2D eigenvalue weighted by atomic mass is 19.3. The highest BCUT2D eigenvalue weighted by Crippen LogP contribution is 2.31. The minimum atomic E-state index is -3.61. The van der Waals surface area contributed by atoms with E-state index in [1.165, 1.54) is 19.2 Å². The van der Waals surface area contributed by atoms with Gasteiger partial charge in [-0.1, -0.05) is 0 Å². The van der Waals surface area contributed by atoms with Gasteiger partial charge in [0.25, 0.3) is 5.91 Å². The van der Waals surface area contributed by atoms with Crippen LogP contribution in [0.1, 0.15) is 12.5 Å². The van der Waals surface area contributed by atoms with E-state index in [1.807, 2.05) is 0 Å². The number of nitrogens with zero attached hydrogens (tertiary/aromatic N) is 1. The monoisotopic (exact) mass is 273 g/mol. The number of carbonyl (C=O) groups excluding carboxylic acids is 1. The Balaban J connectivity index is 2.96. The second kappa shape index (κ2) is 6.47. The molecule has 0 bridgehead atoms. The molecule has 19 heavy (non-hydrogen) atoms. The number of hydrogen-bond acceptors (Lipinski definition) is 3. The Morgan fingerprint density at radius 1 is 1.37 bits per heavy atom. The van der Waals surface area contributed by atoms with Crippen molar-refractivity contribution >= 4 is 5.91 Å². The van der Waals surface area contributed by atoms with Crippen LogP contribution in [0.4, 0.5) is 8.78 Å². The molecule has 0 aliphatic heterocycles. The lowest BCUT2D eigenvalue weighted by molar-refractivity contribution is -0.159. The summed E-state index contributed by atoms with van der Waals surface area (Å²) >= 11 is 0. The average Bonchev–Trinajstić information content (AvgIpc) is 2.44. The van der Waals surface area contributed by atoms with Gasteiger partial charge in [0.15, 0.2) is 0 Å². The number of ether oxygens (including phenoxy) is 1. The zero-order valence-electron chi connectivity index (χ0n) is 10.9. The van der Waals surface area contributed by atoms with Gasteiger partial charge in [0, 0.05) is 18.7 Å². The lowest BCUT2D eigenvalue weighted by Crippen LogP contribution is -2.43. The second-order valence-electron chi connectivity index (χ2n) is 3.91. The zero-order chi connectivity index (χ0) is 14.5. The lowest BCUT2D eigenvalue weighted by Gasteiger charge is -2.25. The summed E-state index contributed by atoms with van der Waals surface area (Å²) in [6.45, 7) is 1.24. The van der Waals surface area contributed by atoms with Crippen molar-refractivity contribution in [3.8, 4) is 5.75 Å². The SMILES string of the molecule is CCN(CCO)C(=O)C(F)(F)c1ccc(OC)cc1. The van der Waals surface area contributed by atoms with E-state index >= 15 is 0 Å². The third-order valence-electron chi connectivity index (χ3n) is 2.76. The Morgan fingerprint density at radius 3 is 2.37 bits per heavy atom. The molecule has 0 aromatic heterocycles. The van der Waals surface area contributed by atoms with E-state index in [0.717, 1.165) is 17.0 Å². The largest absolute Gasteiger partial charge is 0.497 e. The van der Waals surface area contributed by atoms with Crippen LogP contribution in [-0.2, 0) is 10.7 Å². The number of likely N-dealkylation sites (N-methyl/N-ethyl adjacent to an activating group) is 1. The molecule has 0 fully saturated rings. The molecule has 6 heteroatoms. The van der Waals surface area contributed by atoms with Gasteiger partial charge in [0.1, 0.15) is 5.75 Å². The summed E-state index contributed by atoms with van der Waals surface area (Å²) in [6.07, 6.45) is 0. The summed E-state index contributed by atoms with van der Waals surface area (Å²) in [5.41, 5.74) is -0.394. The van der Waals surface area contributed by atoms with Gasteiger partial charge in [-0.3, -0.25) is 4.79 Å². The second-order valence-corrected chi connectivity index (χ2v) is 3.91. The number of carbonyl (C=O) groups is 1. The molecule has 0 aliphatic carbocycles. The normalized spacial score (nSPS) is 11.2. The molecule has 1 rings (SSSR count). The van der Waals surface area contributed by atoms with Gasteiger partial charge in [-0.15, -0.1) is 0 Å². The number of methoxy groups -OCH3 is 1. The molecule has 0 saturated carbocycles. The molecule has 1 aromatic rings. The summed E-state index contributed by atoms with van der Waals surface area (Å²) in [7, 11) is 1.43. The van der Waals surface area contributed by atoms with Crippen molar-refractivity contribution < 1.29 is 23.4 Å². The van der Waals surface area contributed by atoms with Crippen molar-refractivity contribution in [3.63, 3.8) is 0 Å². The van der Waals surface area contributed by atoms with Crippen LogP contribution in [0.2, 0.25) is 0 Å². The quantitative estimate of drug-likeness (QED) is 0.857. The van der Waals surface area contributed by atoms with Gasteiger partial charge in [-0.05, 0) is 31.2 Å². The predicted octanol–water partition coefficient (Wildman–Crippen LogP) is 1.63. The van der Waals surface area contributed by atoms with Gasteiger partial charge >= 0.3 is 5.92 Å². The van der Waals surface area contributed by atoms with Crippen LogP contribution in [0.15, 0.2) is 24.3 Å². The molecule has 0 radical (unpaired) electrons. The highest BCUT2D eigenvalue weighted by Gasteiger charge is 2.43.